The van der Waals surface area contributed by atoms with Crippen LogP contribution in [0.2, 0.25) is 0 Å². The molecular weight excluding hydrogens is 274 g/mol. The lowest BCUT2D eigenvalue weighted by Crippen LogP contribution is -2.24. The lowest BCUT2D eigenvalue weighted by Gasteiger charge is -2.21. The summed E-state index contributed by atoms with van der Waals surface area (Å²) in [5, 5.41) is 4.65. The second-order valence-electron chi connectivity index (χ2n) is 6.57. The summed E-state index contributed by atoms with van der Waals surface area (Å²) in [6.07, 6.45) is 6.94. The summed E-state index contributed by atoms with van der Waals surface area (Å²) in [4.78, 5) is 0. The van der Waals surface area contributed by atoms with Gasteiger partial charge in [-0.15, -0.1) is 0 Å². The van der Waals surface area contributed by atoms with Crippen LogP contribution in [0.1, 0.15) is 76.0 Å². The van der Waals surface area contributed by atoms with Crippen molar-refractivity contribution in [3.8, 4) is 0 Å². The van der Waals surface area contributed by atoms with Crippen molar-refractivity contribution in [2.45, 2.75) is 70.1 Å². The molecule has 0 bridgehead atoms. The van der Waals surface area contributed by atoms with Gasteiger partial charge in [0.25, 0.3) is 0 Å². The molecule has 0 radical (unpaired) electrons. The minimum Gasteiger partial charge on any atom is -0.309 e. The third kappa shape index (κ3) is 5.34. The summed E-state index contributed by atoms with van der Waals surface area (Å²) in [5.41, 5.74) is 2.90. The lowest BCUT2D eigenvalue weighted by atomic mass is 9.99. The maximum atomic E-state index is 3.74. The number of nitrogens with one attached hydrogen (secondary N) is 1. The molecule has 1 aliphatic rings. The van der Waals surface area contributed by atoms with Gasteiger partial charge in [-0.25, -0.2) is 0 Å². The summed E-state index contributed by atoms with van der Waals surface area (Å²) >= 11 is 2.19. The van der Waals surface area contributed by atoms with Crippen molar-refractivity contribution < 1.29 is 0 Å². The van der Waals surface area contributed by atoms with Gasteiger partial charge in [0, 0.05) is 17.0 Å². The highest BCUT2D eigenvalue weighted by molar-refractivity contribution is 7.99. The van der Waals surface area contributed by atoms with E-state index < -0.39 is 0 Å². The number of hydrogen-bond acceptors (Lipinski definition) is 2. The molecule has 0 amide bonds. The van der Waals surface area contributed by atoms with Crippen LogP contribution in [0.5, 0.6) is 0 Å². The van der Waals surface area contributed by atoms with Crippen molar-refractivity contribution in [3.05, 3.63) is 35.4 Å². The fraction of sp³-hybridized carbons (Fsp3) is 0.684. The van der Waals surface area contributed by atoms with Gasteiger partial charge < -0.3 is 5.32 Å². The molecule has 21 heavy (non-hydrogen) atoms. The van der Waals surface area contributed by atoms with Crippen molar-refractivity contribution in [1.82, 2.24) is 5.32 Å². The Hall–Kier alpha value is -0.470. The summed E-state index contributed by atoms with van der Waals surface area (Å²) in [6, 6.07) is 9.79. The molecule has 0 saturated heterocycles. The summed E-state index contributed by atoms with van der Waals surface area (Å²) < 4.78 is 0. The quantitative estimate of drug-likeness (QED) is 0.678. The van der Waals surface area contributed by atoms with Crippen LogP contribution >= 0.6 is 11.8 Å². The zero-order valence-corrected chi connectivity index (χ0v) is 14.7. The number of thioether (sulfide) groups is 1. The second kappa shape index (κ2) is 8.85. The van der Waals surface area contributed by atoms with E-state index in [9.17, 15) is 0 Å². The van der Waals surface area contributed by atoms with E-state index >= 15 is 0 Å². The normalized spacial score (nSPS) is 17.5. The zero-order valence-electron chi connectivity index (χ0n) is 13.9. The van der Waals surface area contributed by atoms with E-state index in [1.807, 2.05) is 0 Å². The van der Waals surface area contributed by atoms with Gasteiger partial charge in [0.15, 0.2) is 0 Å². The smallest absolute Gasteiger partial charge is 0.0411 e. The molecular formula is C19H31NS. The van der Waals surface area contributed by atoms with Crippen LogP contribution in [-0.4, -0.2) is 17.5 Å². The number of rotatable bonds is 8. The first-order valence-electron chi connectivity index (χ1n) is 8.65. The molecule has 0 aliphatic heterocycles. The van der Waals surface area contributed by atoms with Crippen LogP contribution in [0.25, 0.3) is 0 Å². The highest BCUT2D eigenvalue weighted by atomic mass is 32.2. The summed E-state index contributed by atoms with van der Waals surface area (Å²) in [5.74, 6) is 1.83. The first kappa shape index (κ1) is 16.9. The molecule has 2 rings (SSSR count). The molecule has 1 unspecified atom stereocenters. The van der Waals surface area contributed by atoms with Gasteiger partial charge in [-0.2, -0.15) is 11.8 Å². The molecule has 1 N–H and O–H groups in total. The minimum absolute atomic E-state index is 0.511. The van der Waals surface area contributed by atoms with E-state index in [2.05, 4.69) is 62.1 Å². The Morgan fingerprint density at radius 3 is 2.29 bits per heavy atom. The van der Waals surface area contributed by atoms with Crippen LogP contribution in [-0.2, 0) is 0 Å². The Morgan fingerprint density at radius 2 is 1.71 bits per heavy atom. The van der Waals surface area contributed by atoms with Crippen molar-refractivity contribution in [2.75, 3.05) is 12.3 Å². The Bertz CT molecular complexity index is 393. The zero-order chi connectivity index (χ0) is 15.1. The highest BCUT2D eigenvalue weighted by Crippen LogP contribution is 2.32. The van der Waals surface area contributed by atoms with Crippen LogP contribution in [0.3, 0.4) is 0 Å². The fourth-order valence-electron chi connectivity index (χ4n) is 2.99. The molecule has 118 valence electrons. The van der Waals surface area contributed by atoms with Crippen molar-refractivity contribution in [2.24, 2.45) is 0 Å². The fourth-order valence-corrected chi connectivity index (χ4v) is 4.43. The largest absolute Gasteiger partial charge is 0.309 e. The van der Waals surface area contributed by atoms with E-state index in [0.29, 0.717) is 12.0 Å². The molecule has 1 atom stereocenters. The molecule has 0 heterocycles. The van der Waals surface area contributed by atoms with Crippen molar-refractivity contribution >= 4 is 11.8 Å². The maximum absolute atomic E-state index is 3.74. The van der Waals surface area contributed by atoms with Gasteiger partial charge in [-0.3, -0.25) is 0 Å². The van der Waals surface area contributed by atoms with Gasteiger partial charge in [-0.05, 0) is 42.9 Å². The van der Waals surface area contributed by atoms with Crippen LogP contribution in [0.15, 0.2) is 24.3 Å². The van der Waals surface area contributed by atoms with E-state index in [0.717, 1.165) is 11.8 Å². The van der Waals surface area contributed by atoms with Gasteiger partial charge in [0.1, 0.15) is 0 Å². The van der Waals surface area contributed by atoms with Crippen LogP contribution in [0, 0.1) is 0 Å². The lowest BCUT2D eigenvalue weighted by molar-refractivity contribution is 0.576. The molecule has 1 fully saturated rings. The molecule has 1 nitrogen and oxygen atoms in total. The Kier molecular flexibility index (Phi) is 7.12. The van der Waals surface area contributed by atoms with Gasteiger partial charge in [-0.1, -0.05) is 57.9 Å². The average Bonchev–Trinajstić information content (AvgIpc) is 3.01. The third-order valence-electron chi connectivity index (χ3n) is 4.45. The van der Waals surface area contributed by atoms with E-state index in [4.69, 9.17) is 0 Å². The average molecular weight is 306 g/mol. The van der Waals surface area contributed by atoms with E-state index in [-0.39, 0.29) is 0 Å². The first-order valence-corrected chi connectivity index (χ1v) is 9.70. The van der Waals surface area contributed by atoms with Gasteiger partial charge in [0.05, 0.1) is 0 Å². The summed E-state index contributed by atoms with van der Waals surface area (Å²) in [6.45, 7) is 7.88. The third-order valence-corrected chi connectivity index (χ3v) is 5.92. The standard InChI is InChI=1S/C19H31NS/c1-4-13-20-19(14-21-18-7-5-6-8-18)17-11-9-16(10-12-17)15(2)3/h9-12,15,18-20H,4-8,13-14H2,1-3H3. The molecule has 1 aromatic rings. The Balaban J connectivity index is 1.96. The maximum Gasteiger partial charge on any atom is 0.0411 e. The highest BCUT2D eigenvalue weighted by Gasteiger charge is 2.18. The Labute approximate surface area is 135 Å². The predicted octanol–water partition coefficient (Wildman–Crippen LogP) is 5.53. The van der Waals surface area contributed by atoms with Crippen molar-refractivity contribution in [3.63, 3.8) is 0 Å². The van der Waals surface area contributed by atoms with E-state index in [1.54, 1.807) is 0 Å². The monoisotopic (exact) mass is 305 g/mol. The number of benzene rings is 1. The molecule has 0 aromatic heterocycles. The second-order valence-corrected chi connectivity index (χ2v) is 7.90. The van der Waals surface area contributed by atoms with Gasteiger partial charge in [0.2, 0.25) is 0 Å². The summed E-state index contributed by atoms with van der Waals surface area (Å²) in [7, 11) is 0. The van der Waals surface area contributed by atoms with Crippen LogP contribution < -0.4 is 5.32 Å². The molecule has 2 heteroatoms. The molecule has 1 saturated carbocycles. The first-order chi connectivity index (χ1) is 10.2. The van der Waals surface area contributed by atoms with E-state index in [1.165, 1.54) is 49.0 Å². The Morgan fingerprint density at radius 1 is 1.10 bits per heavy atom. The molecule has 1 aliphatic carbocycles. The molecule has 0 spiro atoms. The van der Waals surface area contributed by atoms with Crippen LogP contribution in [0.4, 0.5) is 0 Å². The SMILES string of the molecule is CCCNC(CSC1CCCC1)c1ccc(C(C)C)cc1. The topological polar surface area (TPSA) is 12.0 Å². The predicted molar refractivity (Wildman–Crippen MR) is 96.3 cm³/mol. The van der Waals surface area contributed by atoms with Gasteiger partial charge >= 0.3 is 0 Å². The molecule has 1 aromatic carbocycles. The minimum atomic E-state index is 0.511. The number of hydrogen-bond donors (Lipinski definition) is 1. The van der Waals surface area contributed by atoms with Crippen molar-refractivity contribution in [1.29, 1.82) is 0 Å².